The van der Waals surface area contributed by atoms with E-state index < -0.39 is 0 Å². The van der Waals surface area contributed by atoms with Crippen LogP contribution in [0, 0.1) is 0 Å². The molecule has 0 heterocycles. The van der Waals surface area contributed by atoms with Crippen LogP contribution < -0.4 is 10.1 Å². The number of nitrogens with one attached hydrogen (secondary N) is 1. The van der Waals surface area contributed by atoms with Crippen LogP contribution in [0.1, 0.15) is 96.0 Å². The van der Waals surface area contributed by atoms with Gasteiger partial charge in [0.05, 0.1) is 13.2 Å². The molecule has 1 rings (SSSR count). The van der Waals surface area contributed by atoms with Gasteiger partial charge in [-0.25, -0.2) is 0 Å². The number of hydrogen-bond acceptors (Lipinski definition) is 4. The largest absolute Gasteiger partial charge is 0.504 e. The molecule has 176 valence electrons. The summed E-state index contributed by atoms with van der Waals surface area (Å²) < 4.78 is 5.08. The lowest BCUT2D eigenvalue weighted by molar-refractivity contribution is -0.121. The van der Waals surface area contributed by atoms with Gasteiger partial charge in [-0.2, -0.15) is 0 Å². The fourth-order valence-electron chi connectivity index (χ4n) is 3.49. The maximum Gasteiger partial charge on any atom is 0.220 e. The predicted octanol–water partition coefficient (Wildman–Crippen LogP) is 6.03. The quantitative estimate of drug-likeness (QED) is 0.195. The molecule has 0 unspecified atom stereocenters. The van der Waals surface area contributed by atoms with E-state index in [1.165, 1.54) is 32.8 Å². The van der Waals surface area contributed by atoms with Crippen LogP contribution in [0.2, 0.25) is 0 Å². The highest BCUT2D eigenvalue weighted by Crippen LogP contribution is 2.26. The molecule has 0 aliphatic carbocycles. The highest BCUT2D eigenvalue weighted by atomic mass is 16.5. The molecule has 0 aromatic heterocycles. The van der Waals surface area contributed by atoms with Gasteiger partial charge in [0.1, 0.15) is 0 Å². The number of amides is 1. The third-order valence-corrected chi connectivity index (χ3v) is 5.47. The van der Waals surface area contributed by atoms with Crippen molar-refractivity contribution in [3.63, 3.8) is 0 Å². The first-order chi connectivity index (χ1) is 15.1. The zero-order valence-corrected chi connectivity index (χ0v) is 19.6. The second-order valence-electron chi connectivity index (χ2n) is 8.30. The van der Waals surface area contributed by atoms with Crippen molar-refractivity contribution in [2.45, 2.75) is 103 Å². The second-order valence-corrected chi connectivity index (χ2v) is 8.30. The van der Waals surface area contributed by atoms with Crippen LogP contribution in [0.15, 0.2) is 30.4 Å². The number of carbonyl (C=O) groups is 1. The summed E-state index contributed by atoms with van der Waals surface area (Å²) in [4.78, 5) is 12.0. The number of benzene rings is 1. The van der Waals surface area contributed by atoms with Crippen LogP contribution in [0.3, 0.4) is 0 Å². The molecule has 0 spiro atoms. The summed E-state index contributed by atoms with van der Waals surface area (Å²) in [6.07, 6.45) is 17.8. The number of phenolic OH excluding ortho intramolecular Hbond substituents is 1. The first-order valence-corrected chi connectivity index (χ1v) is 12.0. The van der Waals surface area contributed by atoms with Gasteiger partial charge >= 0.3 is 0 Å². The summed E-state index contributed by atoms with van der Waals surface area (Å²) in [5.41, 5.74) is 0.903. The normalized spacial score (nSPS) is 12.2. The van der Waals surface area contributed by atoms with Gasteiger partial charge in [-0.1, -0.05) is 70.1 Å². The van der Waals surface area contributed by atoms with Gasteiger partial charge in [-0.15, -0.1) is 0 Å². The number of carbonyl (C=O) groups excluding carboxylic acids is 1. The Balaban J connectivity index is 1.97. The number of aliphatic hydroxyl groups excluding tert-OH is 1. The van der Waals surface area contributed by atoms with Gasteiger partial charge in [0, 0.05) is 13.0 Å². The molecule has 31 heavy (non-hydrogen) atoms. The third-order valence-electron chi connectivity index (χ3n) is 5.47. The second kappa shape index (κ2) is 17.6. The van der Waals surface area contributed by atoms with E-state index in [9.17, 15) is 15.0 Å². The molecular formula is C26H43NO4. The van der Waals surface area contributed by atoms with E-state index in [4.69, 9.17) is 4.74 Å². The third kappa shape index (κ3) is 13.8. The number of allylic oxidation sites excluding steroid dienone is 1. The molecule has 1 aromatic rings. The summed E-state index contributed by atoms with van der Waals surface area (Å²) >= 11 is 0. The summed E-state index contributed by atoms with van der Waals surface area (Å²) in [5, 5.41) is 22.4. The zero-order chi connectivity index (χ0) is 22.7. The summed E-state index contributed by atoms with van der Waals surface area (Å²) in [6.45, 7) is 2.64. The number of rotatable bonds is 18. The van der Waals surface area contributed by atoms with Gasteiger partial charge in [0.25, 0.3) is 0 Å². The molecule has 0 aliphatic rings. The zero-order valence-electron chi connectivity index (χ0n) is 19.6. The van der Waals surface area contributed by atoms with Crippen LogP contribution >= 0.6 is 0 Å². The molecule has 3 N–H and O–H groups in total. The van der Waals surface area contributed by atoms with Gasteiger partial charge in [0.2, 0.25) is 5.91 Å². The summed E-state index contributed by atoms with van der Waals surface area (Å²) in [5.74, 6) is 0.576. The standard InChI is InChI=1S/C26H43NO4/c1-3-4-5-12-15-23(28)16-13-10-8-6-7-9-11-14-17-26(30)27-21-22-18-19-24(29)25(20-22)31-2/h10,13,18-20,23,28-29H,3-9,11-12,14-17,21H2,1-2H3,(H,27,30)/b13-10-/t23-/m0/s1. The summed E-state index contributed by atoms with van der Waals surface area (Å²) in [7, 11) is 1.51. The average molecular weight is 434 g/mol. The first-order valence-electron chi connectivity index (χ1n) is 12.0. The molecule has 0 saturated heterocycles. The van der Waals surface area contributed by atoms with Gasteiger partial charge in [-0.3, -0.25) is 4.79 Å². The van der Waals surface area contributed by atoms with Crippen molar-refractivity contribution in [1.29, 1.82) is 0 Å². The number of hydrogen-bond donors (Lipinski definition) is 3. The fourth-order valence-corrected chi connectivity index (χ4v) is 3.49. The van der Waals surface area contributed by atoms with E-state index in [1.54, 1.807) is 18.2 Å². The van der Waals surface area contributed by atoms with Gasteiger partial charge < -0.3 is 20.3 Å². The van der Waals surface area contributed by atoms with Crippen LogP contribution in [0.25, 0.3) is 0 Å². The Kier molecular flexibility index (Phi) is 15.4. The molecule has 0 fully saturated rings. The molecule has 0 saturated carbocycles. The highest BCUT2D eigenvalue weighted by molar-refractivity contribution is 5.75. The van der Waals surface area contributed by atoms with E-state index in [0.717, 1.165) is 56.9 Å². The SMILES string of the molecule is CCCCCC[C@H](O)C/C=C\CCCCCCCC(=O)NCc1ccc(O)c(OC)c1. The van der Waals surface area contributed by atoms with Crippen molar-refractivity contribution >= 4 is 5.91 Å². The Morgan fingerprint density at radius 1 is 1.06 bits per heavy atom. The van der Waals surface area contributed by atoms with Crippen molar-refractivity contribution in [3.05, 3.63) is 35.9 Å². The van der Waals surface area contributed by atoms with E-state index in [2.05, 4.69) is 24.4 Å². The molecule has 1 aromatic carbocycles. The van der Waals surface area contributed by atoms with Crippen LogP contribution in [-0.4, -0.2) is 29.3 Å². The minimum atomic E-state index is -0.185. The van der Waals surface area contributed by atoms with Gasteiger partial charge in [-0.05, 0) is 49.8 Å². The predicted molar refractivity (Wildman–Crippen MR) is 127 cm³/mol. The van der Waals surface area contributed by atoms with Crippen LogP contribution in [0.5, 0.6) is 11.5 Å². The Hall–Kier alpha value is -2.01. The molecule has 0 aliphatic heterocycles. The van der Waals surface area contributed by atoms with Crippen molar-refractivity contribution in [3.8, 4) is 11.5 Å². The number of ether oxygens (including phenoxy) is 1. The average Bonchev–Trinajstić information content (AvgIpc) is 2.77. The number of methoxy groups -OCH3 is 1. The maximum absolute atomic E-state index is 12.0. The van der Waals surface area contributed by atoms with Crippen molar-refractivity contribution in [2.75, 3.05) is 7.11 Å². The molecule has 5 nitrogen and oxygen atoms in total. The molecular weight excluding hydrogens is 390 g/mol. The van der Waals surface area contributed by atoms with E-state index in [0.29, 0.717) is 18.7 Å². The lowest BCUT2D eigenvalue weighted by Gasteiger charge is -2.08. The fraction of sp³-hybridized carbons (Fsp3) is 0.654. The smallest absolute Gasteiger partial charge is 0.220 e. The summed E-state index contributed by atoms with van der Waals surface area (Å²) in [6, 6.07) is 5.09. The highest BCUT2D eigenvalue weighted by Gasteiger charge is 2.05. The molecule has 0 bridgehead atoms. The van der Waals surface area contributed by atoms with E-state index in [1.807, 2.05) is 0 Å². The minimum Gasteiger partial charge on any atom is -0.504 e. The lowest BCUT2D eigenvalue weighted by Crippen LogP contribution is -2.22. The Morgan fingerprint density at radius 2 is 1.81 bits per heavy atom. The molecule has 1 atom stereocenters. The van der Waals surface area contributed by atoms with Crippen LogP contribution in [-0.2, 0) is 11.3 Å². The van der Waals surface area contributed by atoms with E-state index in [-0.39, 0.29) is 17.8 Å². The number of aliphatic hydroxyl groups is 1. The first kappa shape index (κ1) is 27.0. The monoisotopic (exact) mass is 433 g/mol. The Bertz CT molecular complexity index is 630. The Labute approximate surface area is 188 Å². The van der Waals surface area contributed by atoms with Crippen molar-refractivity contribution in [1.82, 2.24) is 5.32 Å². The number of aromatic hydroxyl groups is 1. The van der Waals surface area contributed by atoms with Crippen molar-refractivity contribution in [2.24, 2.45) is 0 Å². The topological polar surface area (TPSA) is 78.8 Å². The molecule has 5 heteroatoms. The molecule has 0 radical (unpaired) electrons. The minimum absolute atomic E-state index is 0.0585. The molecule has 1 amide bonds. The Morgan fingerprint density at radius 3 is 2.58 bits per heavy atom. The lowest BCUT2D eigenvalue weighted by atomic mass is 10.1. The number of unbranched alkanes of at least 4 members (excludes halogenated alkanes) is 8. The van der Waals surface area contributed by atoms with Crippen molar-refractivity contribution < 1.29 is 19.7 Å². The van der Waals surface area contributed by atoms with E-state index >= 15 is 0 Å². The maximum atomic E-state index is 12.0. The number of phenols is 1. The van der Waals surface area contributed by atoms with Crippen LogP contribution in [0.4, 0.5) is 0 Å². The van der Waals surface area contributed by atoms with Gasteiger partial charge in [0.15, 0.2) is 11.5 Å².